The molecule has 3 aromatic rings. The van der Waals surface area contributed by atoms with Gasteiger partial charge in [-0.2, -0.15) is 0 Å². The number of para-hydroxylation sites is 1. The van der Waals surface area contributed by atoms with Crippen molar-refractivity contribution in [3.63, 3.8) is 0 Å². The molecule has 1 aliphatic rings. The van der Waals surface area contributed by atoms with Crippen molar-refractivity contribution in [2.75, 3.05) is 11.9 Å². The maximum Gasteiger partial charge on any atom is 0.257 e. The van der Waals surface area contributed by atoms with Gasteiger partial charge in [0.25, 0.3) is 5.91 Å². The average molecular weight is 332 g/mol. The first kappa shape index (κ1) is 15.4. The molecule has 1 aromatic heterocycles. The molecule has 2 heterocycles. The number of nitrogens with one attached hydrogen (secondary N) is 1. The van der Waals surface area contributed by atoms with Gasteiger partial charge in [0.05, 0.1) is 11.9 Å². The molecule has 1 amide bonds. The first-order valence-corrected chi connectivity index (χ1v) is 8.53. The van der Waals surface area contributed by atoms with Crippen LogP contribution in [-0.4, -0.2) is 26.9 Å². The summed E-state index contributed by atoms with van der Waals surface area (Å²) in [7, 11) is 0. The van der Waals surface area contributed by atoms with Crippen molar-refractivity contribution in [1.82, 2.24) is 14.5 Å². The third kappa shape index (κ3) is 2.78. The summed E-state index contributed by atoms with van der Waals surface area (Å²) in [5, 5.41) is 3.52. The zero-order chi connectivity index (χ0) is 17.2. The number of aromatic nitrogens is 2. The fraction of sp³-hybridized carbons (Fsp3) is 0.200. The lowest BCUT2D eigenvalue weighted by Crippen LogP contribution is -2.43. The number of nitrogens with zero attached hydrogens (tertiary/aromatic N) is 3. The Balaban J connectivity index is 1.69. The van der Waals surface area contributed by atoms with Crippen molar-refractivity contribution in [3.8, 4) is 5.69 Å². The lowest BCUT2D eigenvalue weighted by Gasteiger charge is -2.38. The van der Waals surface area contributed by atoms with Crippen LogP contribution >= 0.6 is 0 Å². The maximum atomic E-state index is 12.9. The van der Waals surface area contributed by atoms with E-state index in [1.54, 1.807) is 12.5 Å². The third-order valence-electron chi connectivity index (χ3n) is 4.50. The number of imidazole rings is 1. The van der Waals surface area contributed by atoms with Crippen molar-refractivity contribution < 1.29 is 4.79 Å². The largest absolute Gasteiger partial charge is 0.361 e. The van der Waals surface area contributed by atoms with Gasteiger partial charge in [0.15, 0.2) is 0 Å². The zero-order valence-electron chi connectivity index (χ0n) is 14.1. The normalized spacial score (nSPS) is 16.4. The quantitative estimate of drug-likeness (QED) is 0.789. The van der Waals surface area contributed by atoms with Gasteiger partial charge >= 0.3 is 0 Å². The number of amides is 1. The number of rotatable bonds is 4. The second-order valence-electron chi connectivity index (χ2n) is 6.15. The number of benzene rings is 2. The van der Waals surface area contributed by atoms with Gasteiger partial charge in [0, 0.05) is 30.3 Å². The Morgan fingerprint density at radius 2 is 1.92 bits per heavy atom. The van der Waals surface area contributed by atoms with Gasteiger partial charge < -0.3 is 14.8 Å². The fourth-order valence-electron chi connectivity index (χ4n) is 3.27. The van der Waals surface area contributed by atoms with E-state index in [4.69, 9.17) is 0 Å². The molecule has 0 unspecified atom stereocenters. The highest BCUT2D eigenvalue weighted by Gasteiger charge is 2.31. The smallest absolute Gasteiger partial charge is 0.257 e. The van der Waals surface area contributed by atoms with Crippen LogP contribution in [0.1, 0.15) is 35.4 Å². The predicted molar refractivity (Wildman–Crippen MR) is 97.7 cm³/mol. The topological polar surface area (TPSA) is 50.2 Å². The highest BCUT2D eigenvalue weighted by molar-refractivity contribution is 6.01. The molecule has 25 heavy (non-hydrogen) atoms. The molecule has 1 aliphatic heterocycles. The van der Waals surface area contributed by atoms with E-state index in [2.05, 4.69) is 29.4 Å². The highest BCUT2D eigenvalue weighted by atomic mass is 16.2. The van der Waals surface area contributed by atoms with Gasteiger partial charge in [-0.3, -0.25) is 4.79 Å². The van der Waals surface area contributed by atoms with E-state index < -0.39 is 0 Å². The summed E-state index contributed by atoms with van der Waals surface area (Å²) in [5.41, 5.74) is 3.75. The monoisotopic (exact) mass is 332 g/mol. The van der Waals surface area contributed by atoms with Gasteiger partial charge in [-0.15, -0.1) is 0 Å². The molecule has 5 heteroatoms. The second-order valence-corrected chi connectivity index (χ2v) is 6.15. The summed E-state index contributed by atoms with van der Waals surface area (Å²) in [6.45, 7) is 2.81. The molecule has 0 saturated heterocycles. The Morgan fingerprint density at radius 1 is 1.12 bits per heavy atom. The van der Waals surface area contributed by atoms with E-state index in [0.717, 1.165) is 28.9 Å². The molecule has 0 saturated carbocycles. The van der Waals surface area contributed by atoms with Crippen molar-refractivity contribution in [2.24, 2.45) is 0 Å². The number of hydrogen-bond acceptors (Lipinski definition) is 3. The molecule has 1 N–H and O–H groups in total. The average Bonchev–Trinajstić information content (AvgIpc) is 3.19. The third-order valence-corrected chi connectivity index (χ3v) is 4.50. The van der Waals surface area contributed by atoms with E-state index in [1.807, 2.05) is 52.1 Å². The minimum Gasteiger partial charge on any atom is -0.361 e. The van der Waals surface area contributed by atoms with Crippen molar-refractivity contribution in [3.05, 3.63) is 78.4 Å². The van der Waals surface area contributed by atoms with Crippen LogP contribution in [0.5, 0.6) is 0 Å². The number of carbonyl (C=O) groups excluding carboxylic acids is 1. The molecule has 0 bridgehead atoms. The number of carbonyl (C=O) groups is 1. The Labute approximate surface area is 146 Å². The molecule has 126 valence electrons. The van der Waals surface area contributed by atoms with Crippen LogP contribution in [0.3, 0.4) is 0 Å². The van der Waals surface area contributed by atoms with E-state index in [1.165, 1.54) is 0 Å². The number of anilines is 1. The first-order chi connectivity index (χ1) is 12.3. The van der Waals surface area contributed by atoms with E-state index in [9.17, 15) is 4.79 Å². The van der Waals surface area contributed by atoms with Gasteiger partial charge in [-0.05, 0) is 36.2 Å². The fourth-order valence-corrected chi connectivity index (χ4v) is 3.27. The van der Waals surface area contributed by atoms with Gasteiger partial charge in [0.2, 0.25) is 0 Å². The molecule has 0 fully saturated rings. The van der Waals surface area contributed by atoms with E-state index in [0.29, 0.717) is 6.54 Å². The Kier molecular flexibility index (Phi) is 3.98. The molecule has 5 nitrogen and oxygen atoms in total. The van der Waals surface area contributed by atoms with Gasteiger partial charge in [-0.1, -0.05) is 31.2 Å². The lowest BCUT2D eigenvalue weighted by atomic mass is 10.0. The number of fused-ring (bicyclic) bond motifs is 1. The van der Waals surface area contributed by atoms with Crippen molar-refractivity contribution >= 4 is 11.6 Å². The highest BCUT2D eigenvalue weighted by Crippen LogP contribution is 2.33. The molecular weight excluding hydrogens is 312 g/mol. The van der Waals surface area contributed by atoms with Crippen LogP contribution in [0.15, 0.2) is 67.3 Å². The molecule has 0 spiro atoms. The summed E-state index contributed by atoms with van der Waals surface area (Å²) >= 11 is 0. The van der Waals surface area contributed by atoms with E-state index >= 15 is 0 Å². The summed E-state index contributed by atoms with van der Waals surface area (Å²) in [5.74, 6) is 0.0832. The van der Waals surface area contributed by atoms with Crippen molar-refractivity contribution in [2.45, 2.75) is 19.5 Å². The zero-order valence-corrected chi connectivity index (χ0v) is 14.1. The van der Waals surface area contributed by atoms with E-state index in [-0.39, 0.29) is 12.1 Å². The molecule has 0 aliphatic carbocycles. The van der Waals surface area contributed by atoms with Gasteiger partial charge in [-0.25, -0.2) is 4.98 Å². The molecule has 0 radical (unpaired) electrons. The van der Waals surface area contributed by atoms with Crippen LogP contribution in [-0.2, 0) is 0 Å². The second kappa shape index (κ2) is 6.43. The van der Waals surface area contributed by atoms with Crippen LogP contribution in [0.4, 0.5) is 5.69 Å². The SMILES string of the molecule is CCCN1C(=O)c2ccccc2N[C@@H]1c1ccc(-n2ccnc2)cc1. The minimum atomic E-state index is -0.154. The Bertz CT molecular complexity index is 871. The van der Waals surface area contributed by atoms with Crippen LogP contribution in [0.25, 0.3) is 5.69 Å². The minimum absolute atomic E-state index is 0.0832. The van der Waals surface area contributed by atoms with Gasteiger partial charge in [0.1, 0.15) is 6.17 Å². The predicted octanol–water partition coefficient (Wildman–Crippen LogP) is 3.85. The number of hydrogen-bond donors (Lipinski definition) is 1. The summed E-state index contributed by atoms with van der Waals surface area (Å²) in [6, 6.07) is 15.9. The van der Waals surface area contributed by atoms with Crippen LogP contribution in [0.2, 0.25) is 0 Å². The molecule has 1 atom stereocenters. The molecule has 2 aromatic carbocycles. The molecular formula is C20H20N4O. The Hall–Kier alpha value is -3.08. The summed E-state index contributed by atoms with van der Waals surface area (Å²) in [4.78, 5) is 18.9. The standard InChI is InChI=1S/C20H20N4O/c1-2-12-24-19(22-18-6-4-3-5-17(18)20(24)25)15-7-9-16(10-8-15)23-13-11-21-14-23/h3-11,13-14,19,22H,2,12H2,1H3/t19-/m0/s1. The lowest BCUT2D eigenvalue weighted by molar-refractivity contribution is 0.0683. The van der Waals surface area contributed by atoms with Crippen molar-refractivity contribution in [1.29, 1.82) is 0 Å². The first-order valence-electron chi connectivity index (χ1n) is 8.53. The summed E-state index contributed by atoms with van der Waals surface area (Å²) < 4.78 is 1.96. The molecule has 4 rings (SSSR count). The van der Waals surface area contributed by atoms with Crippen LogP contribution in [0, 0.1) is 0 Å². The summed E-state index contributed by atoms with van der Waals surface area (Å²) in [6.07, 6.45) is 6.21. The maximum absolute atomic E-state index is 12.9. The van der Waals surface area contributed by atoms with Crippen LogP contribution < -0.4 is 5.32 Å². The Morgan fingerprint density at radius 3 is 2.64 bits per heavy atom.